The molecule has 2 amide bonds. The van der Waals surface area contributed by atoms with E-state index in [1.165, 1.54) is 19.8 Å². The number of carbonyl (C=O) groups excluding carboxylic acids is 2. The maximum absolute atomic E-state index is 12.4. The Bertz CT molecular complexity index is 351. The number of nitrogens with zero attached hydrogens (tertiary/aromatic N) is 2. The van der Waals surface area contributed by atoms with Gasteiger partial charge in [-0.2, -0.15) is 0 Å². The second-order valence-electron chi connectivity index (χ2n) is 6.34. The van der Waals surface area contributed by atoms with Gasteiger partial charge in [0.15, 0.2) is 0 Å². The van der Waals surface area contributed by atoms with E-state index in [1.807, 2.05) is 4.90 Å². The third-order valence-electron chi connectivity index (χ3n) is 4.42. The van der Waals surface area contributed by atoms with E-state index in [-0.39, 0.29) is 17.9 Å². The van der Waals surface area contributed by atoms with Crippen molar-refractivity contribution in [3.63, 3.8) is 0 Å². The zero-order valence-corrected chi connectivity index (χ0v) is 12.7. The Balaban J connectivity index is 1.78. The molecule has 0 aliphatic carbocycles. The van der Waals surface area contributed by atoms with Crippen LogP contribution in [0.1, 0.15) is 39.5 Å². The summed E-state index contributed by atoms with van der Waals surface area (Å²) in [5.74, 6) is 1.00. The summed E-state index contributed by atoms with van der Waals surface area (Å²) >= 11 is 0. The Kier molecular flexibility index (Phi) is 5.40. The first-order valence-electron chi connectivity index (χ1n) is 7.82. The van der Waals surface area contributed by atoms with E-state index in [9.17, 15) is 9.59 Å². The van der Waals surface area contributed by atoms with E-state index in [2.05, 4.69) is 17.1 Å². The standard InChI is InChI=1S/C15H27N3O2/c1-12-5-8-17(9-6-12)11-15(20)18-7-3-4-14(10-18)16-13(2)19/h12,14H,3-11H2,1-2H3,(H,16,19). The topological polar surface area (TPSA) is 52.7 Å². The lowest BCUT2D eigenvalue weighted by atomic mass is 9.99. The third kappa shape index (κ3) is 4.47. The van der Waals surface area contributed by atoms with Gasteiger partial charge in [-0.1, -0.05) is 6.92 Å². The monoisotopic (exact) mass is 281 g/mol. The van der Waals surface area contributed by atoms with Crippen molar-refractivity contribution in [1.82, 2.24) is 15.1 Å². The van der Waals surface area contributed by atoms with Crippen molar-refractivity contribution < 1.29 is 9.59 Å². The summed E-state index contributed by atoms with van der Waals surface area (Å²) in [6, 6.07) is 0.131. The van der Waals surface area contributed by atoms with E-state index in [1.54, 1.807) is 0 Å². The summed E-state index contributed by atoms with van der Waals surface area (Å²) in [7, 11) is 0. The Hall–Kier alpha value is -1.10. The lowest BCUT2D eigenvalue weighted by Gasteiger charge is -2.36. The van der Waals surface area contributed by atoms with E-state index >= 15 is 0 Å². The number of amides is 2. The number of piperidine rings is 2. The van der Waals surface area contributed by atoms with Crippen LogP contribution in [0.5, 0.6) is 0 Å². The Labute approximate surface area is 121 Å². The van der Waals surface area contributed by atoms with E-state index in [4.69, 9.17) is 0 Å². The highest BCUT2D eigenvalue weighted by Crippen LogP contribution is 2.16. The zero-order valence-electron chi connectivity index (χ0n) is 12.7. The quantitative estimate of drug-likeness (QED) is 0.834. The summed E-state index contributed by atoms with van der Waals surface area (Å²) < 4.78 is 0. The first-order chi connectivity index (χ1) is 9.54. The summed E-state index contributed by atoms with van der Waals surface area (Å²) in [6.45, 7) is 7.94. The van der Waals surface area contributed by atoms with Crippen molar-refractivity contribution in [3.05, 3.63) is 0 Å². The van der Waals surface area contributed by atoms with E-state index in [0.29, 0.717) is 13.1 Å². The van der Waals surface area contributed by atoms with Crippen LogP contribution < -0.4 is 5.32 Å². The minimum Gasteiger partial charge on any atom is -0.352 e. The van der Waals surface area contributed by atoms with Crippen LogP contribution >= 0.6 is 0 Å². The van der Waals surface area contributed by atoms with Crippen LogP contribution in [0.3, 0.4) is 0 Å². The van der Waals surface area contributed by atoms with Crippen molar-refractivity contribution in [2.75, 3.05) is 32.7 Å². The molecule has 1 unspecified atom stereocenters. The van der Waals surface area contributed by atoms with Crippen LogP contribution in [0.2, 0.25) is 0 Å². The largest absolute Gasteiger partial charge is 0.352 e. The van der Waals surface area contributed by atoms with Gasteiger partial charge in [-0.3, -0.25) is 14.5 Å². The summed E-state index contributed by atoms with van der Waals surface area (Å²) in [6.07, 6.45) is 4.35. The molecular formula is C15H27N3O2. The average Bonchev–Trinajstić information content (AvgIpc) is 2.41. The second-order valence-corrected chi connectivity index (χ2v) is 6.34. The molecule has 2 aliphatic heterocycles. The van der Waals surface area contributed by atoms with Gasteiger partial charge in [0.25, 0.3) is 0 Å². The Morgan fingerprint density at radius 3 is 2.50 bits per heavy atom. The third-order valence-corrected chi connectivity index (χ3v) is 4.42. The highest BCUT2D eigenvalue weighted by atomic mass is 16.2. The SMILES string of the molecule is CC(=O)NC1CCCN(C(=O)CN2CCC(C)CC2)C1. The van der Waals surface area contributed by atoms with Crippen molar-refractivity contribution in [2.24, 2.45) is 5.92 Å². The average molecular weight is 281 g/mol. The maximum Gasteiger partial charge on any atom is 0.236 e. The Morgan fingerprint density at radius 2 is 1.85 bits per heavy atom. The molecule has 2 heterocycles. The van der Waals surface area contributed by atoms with Gasteiger partial charge in [0, 0.05) is 26.1 Å². The summed E-state index contributed by atoms with van der Waals surface area (Å²) in [5, 5.41) is 2.93. The van der Waals surface area contributed by atoms with Crippen LogP contribution in [0, 0.1) is 5.92 Å². The normalized spacial score (nSPS) is 25.5. The highest BCUT2D eigenvalue weighted by Gasteiger charge is 2.26. The molecule has 1 atom stereocenters. The van der Waals surface area contributed by atoms with Crippen LogP contribution in [0.25, 0.3) is 0 Å². The first kappa shape index (κ1) is 15.3. The molecule has 5 heteroatoms. The fourth-order valence-electron chi connectivity index (χ4n) is 3.12. The molecule has 2 rings (SSSR count). The van der Waals surface area contributed by atoms with Crippen LogP contribution in [-0.2, 0) is 9.59 Å². The molecule has 0 aromatic heterocycles. The van der Waals surface area contributed by atoms with Crippen molar-refractivity contribution >= 4 is 11.8 Å². The number of hydrogen-bond acceptors (Lipinski definition) is 3. The van der Waals surface area contributed by atoms with E-state index in [0.717, 1.165) is 38.4 Å². The van der Waals surface area contributed by atoms with Gasteiger partial charge in [0.2, 0.25) is 11.8 Å². The molecule has 20 heavy (non-hydrogen) atoms. The Morgan fingerprint density at radius 1 is 1.15 bits per heavy atom. The van der Waals surface area contributed by atoms with Gasteiger partial charge in [-0.15, -0.1) is 0 Å². The van der Waals surface area contributed by atoms with Gasteiger partial charge in [0.05, 0.1) is 6.54 Å². The summed E-state index contributed by atoms with van der Waals surface area (Å²) in [5.41, 5.74) is 0. The lowest BCUT2D eigenvalue weighted by Crippen LogP contribution is -2.51. The molecule has 0 spiro atoms. The summed E-state index contributed by atoms with van der Waals surface area (Å²) in [4.78, 5) is 27.7. The van der Waals surface area contributed by atoms with Crippen molar-refractivity contribution in [1.29, 1.82) is 0 Å². The molecule has 2 aliphatic rings. The molecule has 0 aromatic carbocycles. The molecule has 0 saturated carbocycles. The van der Waals surface area contributed by atoms with Crippen LogP contribution in [-0.4, -0.2) is 60.4 Å². The molecule has 0 bridgehead atoms. The molecule has 114 valence electrons. The molecule has 1 N–H and O–H groups in total. The smallest absolute Gasteiger partial charge is 0.236 e. The first-order valence-corrected chi connectivity index (χ1v) is 7.82. The van der Waals surface area contributed by atoms with Crippen LogP contribution in [0.4, 0.5) is 0 Å². The number of nitrogens with one attached hydrogen (secondary N) is 1. The minimum atomic E-state index is -0.00526. The molecule has 0 aromatic rings. The highest BCUT2D eigenvalue weighted by molar-refractivity contribution is 5.78. The van der Waals surface area contributed by atoms with Gasteiger partial charge in [0.1, 0.15) is 0 Å². The predicted molar refractivity (Wildman–Crippen MR) is 78.3 cm³/mol. The fraction of sp³-hybridized carbons (Fsp3) is 0.867. The number of hydrogen-bond donors (Lipinski definition) is 1. The lowest BCUT2D eigenvalue weighted by molar-refractivity contribution is -0.135. The van der Waals surface area contributed by atoms with Gasteiger partial charge in [-0.25, -0.2) is 0 Å². The number of carbonyl (C=O) groups is 2. The van der Waals surface area contributed by atoms with Crippen molar-refractivity contribution in [3.8, 4) is 0 Å². The molecular weight excluding hydrogens is 254 g/mol. The van der Waals surface area contributed by atoms with Gasteiger partial charge < -0.3 is 10.2 Å². The second kappa shape index (κ2) is 7.07. The predicted octanol–water partition coefficient (Wildman–Crippen LogP) is 0.845. The van der Waals surface area contributed by atoms with Gasteiger partial charge in [-0.05, 0) is 44.7 Å². The number of rotatable bonds is 3. The molecule has 5 nitrogen and oxygen atoms in total. The molecule has 2 saturated heterocycles. The zero-order chi connectivity index (χ0) is 14.5. The maximum atomic E-state index is 12.4. The van der Waals surface area contributed by atoms with Gasteiger partial charge >= 0.3 is 0 Å². The number of likely N-dealkylation sites (tertiary alicyclic amines) is 2. The minimum absolute atomic E-state index is 0.00526. The fourth-order valence-corrected chi connectivity index (χ4v) is 3.12. The van der Waals surface area contributed by atoms with Crippen LogP contribution in [0.15, 0.2) is 0 Å². The molecule has 2 fully saturated rings. The molecule has 0 radical (unpaired) electrons. The van der Waals surface area contributed by atoms with E-state index < -0.39 is 0 Å². The van der Waals surface area contributed by atoms with Crippen molar-refractivity contribution in [2.45, 2.75) is 45.6 Å².